The molecule has 1 aromatic heterocycles. The van der Waals surface area contributed by atoms with E-state index in [1.165, 1.54) is 38.3 Å². The van der Waals surface area contributed by atoms with Crippen LogP contribution in [-0.2, 0) is 26.8 Å². The summed E-state index contributed by atoms with van der Waals surface area (Å²) in [5.41, 5.74) is 2.85. The summed E-state index contributed by atoms with van der Waals surface area (Å²) in [6.45, 7) is 4.39. The number of nitrogens with two attached hydrogens (primary N) is 1. The number of ether oxygens (including phenoxy) is 1. The van der Waals surface area contributed by atoms with E-state index in [1.54, 1.807) is 13.8 Å². The topological polar surface area (TPSA) is 355 Å². The van der Waals surface area contributed by atoms with E-state index in [2.05, 4.69) is 30.7 Å². The quantitative estimate of drug-likeness (QED) is 0.0535. The van der Waals surface area contributed by atoms with Gasteiger partial charge in [-0.2, -0.15) is 27.1 Å². The number of hydrogen-bond donors (Lipinski definition) is 7. The van der Waals surface area contributed by atoms with Gasteiger partial charge >= 0.3 is 5.97 Å². The van der Waals surface area contributed by atoms with Crippen molar-refractivity contribution in [2.45, 2.75) is 37.1 Å². The summed E-state index contributed by atoms with van der Waals surface area (Å²) in [5.74, 6) is -5.02. The van der Waals surface area contributed by atoms with Crippen LogP contribution in [0.15, 0.2) is 93.8 Å². The van der Waals surface area contributed by atoms with Crippen LogP contribution in [0.4, 0.5) is 34.1 Å². The first-order chi connectivity index (χ1) is 27.1. The van der Waals surface area contributed by atoms with Crippen molar-refractivity contribution >= 4 is 77.0 Å². The number of benzene rings is 4. The number of aryl methyl sites for hydroxylation is 1. The number of aromatic carboxylic acids is 1. The minimum Gasteiger partial charge on any atom is -0.507 e. The average molecular weight is 839 g/mol. The highest BCUT2D eigenvalue weighted by Crippen LogP contribution is 2.46. The molecule has 22 nitrogen and oxygen atoms in total. The molecule has 0 spiro atoms. The van der Waals surface area contributed by atoms with Gasteiger partial charge in [-0.15, -0.1) is 20.5 Å². The van der Waals surface area contributed by atoms with E-state index in [9.17, 15) is 60.8 Å². The fourth-order valence-electron chi connectivity index (χ4n) is 5.56. The van der Waals surface area contributed by atoms with Gasteiger partial charge in [0.15, 0.2) is 5.75 Å². The molecule has 0 unspecified atom stereocenters. The van der Waals surface area contributed by atoms with Crippen LogP contribution in [0, 0.1) is 13.8 Å². The number of carbonyl (C=O) groups excluding carboxylic acids is 1. The van der Waals surface area contributed by atoms with Crippen molar-refractivity contribution in [1.82, 2.24) is 4.57 Å². The monoisotopic (exact) mass is 838 g/mol. The molecule has 8 N–H and O–H groups in total. The molecule has 1 heterocycles. The van der Waals surface area contributed by atoms with Crippen LogP contribution in [0.25, 0.3) is 10.8 Å². The third kappa shape index (κ3) is 8.19. The van der Waals surface area contributed by atoms with Crippen LogP contribution in [0.5, 0.6) is 23.1 Å². The van der Waals surface area contributed by atoms with Gasteiger partial charge in [0.25, 0.3) is 31.7 Å². The first-order valence-corrected chi connectivity index (χ1v) is 19.0. The zero-order chi connectivity index (χ0) is 43.0. The highest BCUT2D eigenvalue weighted by atomic mass is 32.2. The Hall–Kier alpha value is -7.15. The smallest absolute Gasteiger partial charge is 0.338 e. The molecule has 0 bridgehead atoms. The van der Waals surface area contributed by atoms with Crippen molar-refractivity contribution in [3.05, 3.63) is 81.1 Å². The van der Waals surface area contributed by atoms with Gasteiger partial charge in [0.1, 0.15) is 44.7 Å². The summed E-state index contributed by atoms with van der Waals surface area (Å²) in [5, 5.41) is 64.8. The number of rotatable bonds is 12. The third-order valence-electron chi connectivity index (χ3n) is 8.39. The Morgan fingerprint density at radius 1 is 0.810 bits per heavy atom. The molecule has 0 aliphatic heterocycles. The summed E-state index contributed by atoms with van der Waals surface area (Å²) in [6.07, 6.45) is 0. The molecule has 5 rings (SSSR count). The number of fused-ring (bicyclic) bond motifs is 1. The molecule has 0 saturated carbocycles. The number of carboxylic acid groups (broad SMARTS) is 1. The minimum absolute atomic E-state index is 0.0229. The maximum absolute atomic E-state index is 12.6. The van der Waals surface area contributed by atoms with Gasteiger partial charge < -0.3 is 30.9 Å². The number of amides is 1. The molecule has 0 aliphatic carbocycles. The van der Waals surface area contributed by atoms with Crippen molar-refractivity contribution in [2.75, 3.05) is 7.11 Å². The highest BCUT2D eigenvalue weighted by molar-refractivity contribution is 7.86. The number of methoxy groups -OCH3 is 1. The van der Waals surface area contributed by atoms with Gasteiger partial charge in [0.2, 0.25) is 5.88 Å². The van der Waals surface area contributed by atoms with Crippen LogP contribution in [0.1, 0.15) is 38.8 Å². The number of aromatic nitrogens is 1. The predicted octanol–water partition coefficient (Wildman–Crippen LogP) is 6.30. The molecule has 0 radical (unpaired) electrons. The van der Waals surface area contributed by atoms with Crippen LogP contribution in [-0.4, -0.2) is 69.9 Å². The van der Waals surface area contributed by atoms with Crippen molar-refractivity contribution in [1.29, 1.82) is 0 Å². The van der Waals surface area contributed by atoms with E-state index < -0.39 is 86.9 Å². The maximum atomic E-state index is 12.6. The third-order valence-corrected chi connectivity index (χ3v) is 10.1. The van der Waals surface area contributed by atoms with E-state index in [0.717, 1.165) is 16.7 Å². The fraction of sp³-hybridized carbons (Fsp3) is 0.147. The maximum Gasteiger partial charge on any atom is 0.338 e. The molecule has 4 aromatic carbocycles. The average Bonchev–Trinajstić information content (AvgIpc) is 3.13. The number of azo groups is 3. The highest BCUT2D eigenvalue weighted by Gasteiger charge is 2.26. The van der Waals surface area contributed by atoms with Gasteiger partial charge in [0.05, 0.1) is 34.3 Å². The van der Waals surface area contributed by atoms with E-state index in [0.29, 0.717) is 17.7 Å². The predicted molar refractivity (Wildman–Crippen MR) is 202 cm³/mol. The lowest BCUT2D eigenvalue weighted by Crippen LogP contribution is -2.30. The number of phenolic OH excluding ortho intramolecular Hbond substituents is 2. The van der Waals surface area contributed by atoms with Crippen LogP contribution >= 0.6 is 0 Å². The summed E-state index contributed by atoms with van der Waals surface area (Å²) in [7, 11) is -8.82. The molecule has 58 heavy (non-hydrogen) atoms. The number of aromatic hydroxyl groups is 3. The molecule has 24 heteroatoms. The van der Waals surface area contributed by atoms with E-state index in [-0.39, 0.29) is 51.9 Å². The Kier molecular flexibility index (Phi) is 11.4. The summed E-state index contributed by atoms with van der Waals surface area (Å²) in [6, 6.07) is 8.39. The van der Waals surface area contributed by atoms with Crippen molar-refractivity contribution < 1.29 is 60.7 Å². The van der Waals surface area contributed by atoms with Gasteiger partial charge in [0, 0.05) is 24.2 Å². The van der Waals surface area contributed by atoms with Crippen LogP contribution < -0.4 is 16.0 Å². The molecule has 5 aromatic rings. The second-order valence-corrected chi connectivity index (χ2v) is 14.9. The Balaban J connectivity index is 1.51. The first-order valence-electron chi connectivity index (χ1n) is 16.1. The number of pyridine rings is 1. The molecule has 1 amide bonds. The fourth-order valence-corrected chi connectivity index (χ4v) is 6.76. The van der Waals surface area contributed by atoms with Gasteiger partial charge in [-0.3, -0.25) is 23.3 Å². The molecule has 0 atom stereocenters. The Morgan fingerprint density at radius 2 is 1.45 bits per heavy atom. The second kappa shape index (κ2) is 15.8. The molecule has 0 fully saturated rings. The van der Waals surface area contributed by atoms with Gasteiger partial charge in [-0.1, -0.05) is 0 Å². The lowest BCUT2D eigenvalue weighted by Gasteiger charge is -2.12. The van der Waals surface area contributed by atoms with Crippen LogP contribution in [0.2, 0.25) is 0 Å². The zero-order valence-electron chi connectivity index (χ0n) is 30.3. The molecule has 302 valence electrons. The first kappa shape index (κ1) is 42.0. The summed E-state index contributed by atoms with van der Waals surface area (Å²) in [4.78, 5) is 34.9. The molecule has 0 aliphatic rings. The minimum atomic E-state index is -5.17. The lowest BCUT2D eigenvalue weighted by molar-refractivity contribution is 0.0697. The number of primary amides is 1. The molecular formula is C34H30N8O14S2. The molecule has 0 saturated heterocycles. The summed E-state index contributed by atoms with van der Waals surface area (Å²) < 4.78 is 73.3. The van der Waals surface area contributed by atoms with Crippen molar-refractivity contribution in [2.24, 2.45) is 36.4 Å². The Labute approximate surface area is 326 Å². The van der Waals surface area contributed by atoms with E-state index in [4.69, 9.17) is 10.5 Å². The number of carboxylic acids is 1. The Morgan fingerprint density at radius 3 is 2.03 bits per heavy atom. The number of phenols is 2. The molecular weight excluding hydrogens is 809 g/mol. The van der Waals surface area contributed by atoms with Gasteiger partial charge in [-0.25, -0.2) is 4.79 Å². The zero-order valence-corrected chi connectivity index (χ0v) is 31.9. The number of carbonyl (C=O) groups is 2. The van der Waals surface area contributed by atoms with Crippen molar-refractivity contribution in [3.63, 3.8) is 0 Å². The standard InChI is InChI=1S/C34H30N8O14S2/c1-5-42-32(46)26(31(35)45)15(3)28(33(42)47)40-36-17-6-7-20(19(11-17)34(48)49)37-38-21-13-24(56-4)22(8-14(21)2)39-41-29-25(58(53,54)55)10-16-9-18(57(50,51)52)12-23(43)27(16)30(29)44/h6-13,43-44,47H,5H2,1-4H3,(H2,35,45)(H,48,49)(H,50,51,52)(H,53,54,55). The summed E-state index contributed by atoms with van der Waals surface area (Å²) >= 11 is 0. The second-order valence-electron chi connectivity index (χ2n) is 12.1. The van der Waals surface area contributed by atoms with Crippen LogP contribution in [0.3, 0.4) is 0 Å². The number of nitrogens with zero attached hydrogens (tertiary/aromatic N) is 7. The van der Waals surface area contributed by atoms with E-state index in [1.807, 2.05) is 0 Å². The SMILES string of the molecule is CCn1c(O)c(N=Nc2ccc(N=Nc3cc(OC)c(N=Nc4c(S(=O)(=O)O)cc5cc(S(=O)(=O)O)cc(O)c5c4O)cc3C)c(C(=O)O)c2)c(C)c(C(N)=O)c1=O. The lowest BCUT2D eigenvalue weighted by atomic mass is 10.1. The Bertz CT molecular complexity index is 2960. The normalized spacial score (nSPS) is 12.3. The van der Waals surface area contributed by atoms with Crippen molar-refractivity contribution in [3.8, 4) is 23.1 Å². The van der Waals surface area contributed by atoms with E-state index >= 15 is 0 Å². The number of hydrogen-bond acceptors (Lipinski definition) is 17. The van der Waals surface area contributed by atoms with Gasteiger partial charge in [-0.05, 0) is 68.1 Å². The largest absolute Gasteiger partial charge is 0.507 e.